The third-order valence-corrected chi connectivity index (χ3v) is 0.249. The maximum absolute atomic E-state index is 9.33. The Hall–Kier alpha value is -1.10. The van der Waals surface area contributed by atoms with E-state index in [0.29, 0.717) is 6.29 Å². The first-order chi connectivity index (χ1) is 2.91. The molecule has 0 aromatic carbocycles. The molecular formula is C4H3NO. The van der Waals surface area contributed by atoms with Crippen LogP contribution < -0.4 is 0 Å². The van der Waals surface area contributed by atoms with Gasteiger partial charge in [0, 0.05) is 6.08 Å². The van der Waals surface area contributed by atoms with Gasteiger partial charge < -0.3 is 0 Å². The zero-order valence-electron chi connectivity index (χ0n) is 3.09. The number of carbonyl (C=O) groups is 1. The van der Waals surface area contributed by atoms with Gasteiger partial charge in [-0.25, -0.2) is 0 Å². The van der Waals surface area contributed by atoms with Gasteiger partial charge in [-0.1, -0.05) is 0 Å². The average molecular weight is 81.1 g/mol. The lowest BCUT2D eigenvalue weighted by Crippen LogP contribution is -1.52. The van der Waals surface area contributed by atoms with E-state index in [-0.39, 0.29) is 0 Å². The third-order valence-electron chi connectivity index (χ3n) is 0.249. The van der Waals surface area contributed by atoms with E-state index >= 15 is 0 Å². The summed E-state index contributed by atoms with van der Waals surface area (Å²) in [7, 11) is 0. The summed E-state index contributed by atoms with van der Waals surface area (Å²) < 4.78 is 0. The van der Waals surface area contributed by atoms with E-state index in [1.165, 1.54) is 0 Å². The first-order valence-electron chi connectivity index (χ1n) is 1.41. The second-order valence-corrected chi connectivity index (χ2v) is 0.624. The molecule has 2 nitrogen and oxygen atoms in total. The summed E-state index contributed by atoms with van der Waals surface area (Å²) in [6.07, 6.45) is 2.82. The number of aldehydes is 1. The van der Waals surface area contributed by atoms with Crippen LogP contribution in [0.4, 0.5) is 0 Å². The Morgan fingerprint density at radius 2 is 2.33 bits per heavy atom. The van der Waals surface area contributed by atoms with Gasteiger partial charge >= 0.3 is 0 Å². The molecule has 0 aliphatic rings. The molecule has 0 aromatic rings. The van der Waals surface area contributed by atoms with Gasteiger partial charge in [0.25, 0.3) is 0 Å². The van der Waals surface area contributed by atoms with Crippen molar-refractivity contribution in [1.82, 2.24) is 0 Å². The Morgan fingerprint density at radius 1 is 1.67 bits per heavy atom. The number of carbonyl (C=O) groups excluding carboxylic acids is 1. The zero-order valence-corrected chi connectivity index (χ0v) is 3.09. The van der Waals surface area contributed by atoms with E-state index in [1.807, 2.05) is 0 Å². The highest BCUT2D eigenvalue weighted by Gasteiger charge is 1.55. The van der Waals surface area contributed by atoms with E-state index in [0.717, 1.165) is 12.2 Å². The minimum Gasteiger partial charge on any atom is -0.299 e. The average Bonchev–Trinajstić information content (AvgIpc) is 1.61. The molecule has 0 saturated carbocycles. The molecule has 0 fully saturated rings. The molecule has 0 spiro atoms. The Balaban J connectivity index is 3.26. The second kappa shape index (κ2) is 3.90. The lowest BCUT2D eigenvalue weighted by molar-refractivity contribution is -0.104. The molecule has 0 atom stereocenters. The summed E-state index contributed by atoms with van der Waals surface area (Å²) in [6.45, 7) is 0. The van der Waals surface area contributed by atoms with Crippen molar-refractivity contribution >= 4 is 6.29 Å². The number of nitrogens with zero attached hydrogens (tertiary/aromatic N) is 1. The van der Waals surface area contributed by atoms with Gasteiger partial charge in [-0.3, -0.25) is 4.79 Å². The molecule has 0 radical (unpaired) electrons. The molecule has 0 bridgehead atoms. The molecule has 0 N–H and O–H groups in total. The van der Waals surface area contributed by atoms with Crippen molar-refractivity contribution in [2.45, 2.75) is 0 Å². The summed E-state index contributed by atoms with van der Waals surface area (Å²) in [5.74, 6) is 0. The zero-order chi connectivity index (χ0) is 4.83. The van der Waals surface area contributed by atoms with Crippen LogP contribution in [0.1, 0.15) is 0 Å². The van der Waals surface area contributed by atoms with E-state index in [2.05, 4.69) is 0 Å². The fourth-order valence-corrected chi connectivity index (χ4v) is 0.0823. The number of hydrogen-bond acceptors (Lipinski definition) is 2. The predicted molar refractivity (Wildman–Crippen MR) is 20.8 cm³/mol. The van der Waals surface area contributed by atoms with E-state index in [1.54, 1.807) is 6.07 Å². The highest BCUT2D eigenvalue weighted by molar-refractivity contribution is 5.65. The number of nitriles is 1. The maximum atomic E-state index is 9.33. The molecule has 0 aliphatic heterocycles. The van der Waals surface area contributed by atoms with Gasteiger partial charge in [-0.05, 0) is 6.08 Å². The van der Waals surface area contributed by atoms with Crippen molar-refractivity contribution in [2.75, 3.05) is 0 Å². The summed E-state index contributed by atoms with van der Waals surface area (Å²) in [5, 5.41) is 7.70. The van der Waals surface area contributed by atoms with Crippen LogP contribution in [-0.2, 0) is 4.79 Å². The van der Waals surface area contributed by atoms with Gasteiger partial charge in [-0.2, -0.15) is 5.26 Å². The smallest absolute Gasteiger partial charge is 0.143 e. The van der Waals surface area contributed by atoms with Gasteiger partial charge in [0.1, 0.15) is 6.29 Å². The van der Waals surface area contributed by atoms with Crippen molar-refractivity contribution in [3.05, 3.63) is 12.2 Å². The maximum Gasteiger partial charge on any atom is 0.143 e. The highest BCUT2D eigenvalue weighted by atomic mass is 16.1. The number of hydrogen-bond donors (Lipinski definition) is 0. The SMILES string of the molecule is N#C/C=C\C=O. The summed E-state index contributed by atoms with van der Waals surface area (Å²) in [6, 6.07) is 1.66. The van der Waals surface area contributed by atoms with Crippen LogP contribution in [0.15, 0.2) is 12.2 Å². The topological polar surface area (TPSA) is 40.9 Å². The van der Waals surface area contributed by atoms with E-state index in [4.69, 9.17) is 5.26 Å². The van der Waals surface area contributed by atoms with Gasteiger partial charge in [0.05, 0.1) is 6.07 Å². The normalized spacial score (nSPS) is 7.83. The van der Waals surface area contributed by atoms with Crippen LogP contribution in [0.25, 0.3) is 0 Å². The summed E-state index contributed by atoms with van der Waals surface area (Å²) in [4.78, 5) is 9.33. The van der Waals surface area contributed by atoms with E-state index < -0.39 is 0 Å². The van der Waals surface area contributed by atoms with Gasteiger partial charge in [-0.15, -0.1) is 0 Å². The minimum absolute atomic E-state index is 0.559. The molecule has 0 rings (SSSR count). The largest absolute Gasteiger partial charge is 0.299 e. The van der Waals surface area contributed by atoms with Crippen LogP contribution in [-0.4, -0.2) is 6.29 Å². The number of allylic oxidation sites excluding steroid dienone is 2. The van der Waals surface area contributed by atoms with Crippen LogP contribution in [0.2, 0.25) is 0 Å². The predicted octanol–water partition coefficient (Wildman–Crippen LogP) is 0.265. The van der Waals surface area contributed by atoms with Gasteiger partial charge in [0.15, 0.2) is 0 Å². The molecule has 6 heavy (non-hydrogen) atoms. The minimum atomic E-state index is 0.559. The van der Waals surface area contributed by atoms with Crippen LogP contribution in [0.5, 0.6) is 0 Å². The number of rotatable bonds is 1. The van der Waals surface area contributed by atoms with Crippen LogP contribution in [0, 0.1) is 11.3 Å². The Labute approximate surface area is 35.7 Å². The van der Waals surface area contributed by atoms with Crippen molar-refractivity contribution in [1.29, 1.82) is 5.26 Å². The van der Waals surface area contributed by atoms with Crippen LogP contribution in [0.3, 0.4) is 0 Å². The first-order valence-corrected chi connectivity index (χ1v) is 1.41. The molecule has 0 aliphatic carbocycles. The highest BCUT2D eigenvalue weighted by Crippen LogP contribution is 1.56. The Morgan fingerprint density at radius 3 is 2.50 bits per heavy atom. The molecule has 0 aromatic heterocycles. The monoisotopic (exact) mass is 81.0 g/mol. The Kier molecular flexibility index (Phi) is 3.19. The van der Waals surface area contributed by atoms with Crippen molar-refractivity contribution in [2.24, 2.45) is 0 Å². The molecular weight excluding hydrogens is 78.0 g/mol. The molecule has 0 unspecified atom stereocenters. The first kappa shape index (κ1) is 4.90. The van der Waals surface area contributed by atoms with Crippen molar-refractivity contribution in [3.63, 3.8) is 0 Å². The standard InChI is InChI=1S/C4H3NO/c5-3-1-2-4-6/h1-2,4H/b2-1-. The second-order valence-electron chi connectivity index (χ2n) is 0.624. The summed E-state index contributed by atoms with van der Waals surface area (Å²) in [5.41, 5.74) is 0. The lowest BCUT2D eigenvalue weighted by Gasteiger charge is -1.49. The molecule has 0 amide bonds. The fraction of sp³-hybridized carbons (Fsp3) is 0. The van der Waals surface area contributed by atoms with Crippen molar-refractivity contribution in [3.8, 4) is 6.07 Å². The van der Waals surface area contributed by atoms with Crippen molar-refractivity contribution < 1.29 is 4.79 Å². The molecule has 0 heterocycles. The van der Waals surface area contributed by atoms with Crippen LogP contribution >= 0.6 is 0 Å². The third kappa shape index (κ3) is 2.90. The fourth-order valence-electron chi connectivity index (χ4n) is 0.0823. The Bertz CT molecular complexity index is 98.6. The quantitative estimate of drug-likeness (QED) is 0.258. The summed E-state index contributed by atoms with van der Waals surface area (Å²) >= 11 is 0. The molecule has 0 saturated heterocycles. The molecule has 2 heteroatoms. The lowest BCUT2D eigenvalue weighted by atomic mass is 10.6. The van der Waals surface area contributed by atoms with Gasteiger partial charge in [0.2, 0.25) is 0 Å². The molecule has 30 valence electrons. The van der Waals surface area contributed by atoms with E-state index in [9.17, 15) is 4.79 Å².